The number of carbonyl (C=O) groups is 1. The summed E-state index contributed by atoms with van der Waals surface area (Å²) in [6.45, 7) is 0. The molecule has 0 bridgehead atoms. The van der Waals surface area contributed by atoms with E-state index in [-0.39, 0.29) is 5.92 Å². The van der Waals surface area contributed by atoms with Crippen LogP contribution < -0.4 is 10.5 Å². The van der Waals surface area contributed by atoms with Gasteiger partial charge in [0.15, 0.2) is 0 Å². The molecule has 1 unspecified atom stereocenters. The number of para-hydroxylation sites is 1. The predicted molar refractivity (Wildman–Crippen MR) is 63.6 cm³/mol. The second-order valence-corrected chi connectivity index (χ2v) is 4.23. The monoisotopic (exact) mass is 219 g/mol. The van der Waals surface area contributed by atoms with Crippen LogP contribution in [0, 0.1) is 0 Å². The Morgan fingerprint density at radius 3 is 2.88 bits per heavy atom. The van der Waals surface area contributed by atoms with Gasteiger partial charge in [0.1, 0.15) is 11.5 Å². The molecule has 0 saturated heterocycles. The first-order valence-electron chi connectivity index (χ1n) is 5.69. The second kappa shape index (κ2) is 4.56. The first kappa shape index (κ1) is 11.0. The van der Waals surface area contributed by atoms with Crippen molar-refractivity contribution in [2.75, 3.05) is 12.8 Å². The summed E-state index contributed by atoms with van der Waals surface area (Å²) in [6, 6.07) is 5.63. The van der Waals surface area contributed by atoms with Gasteiger partial charge in [-0.05, 0) is 18.9 Å². The number of anilines is 1. The molecule has 3 nitrogen and oxygen atoms in total. The van der Waals surface area contributed by atoms with Crippen LogP contribution in [0.5, 0.6) is 5.75 Å². The highest BCUT2D eigenvalue weighted by Gasteiger charge is 2.26. The number of benzene rings is 1. The molecule has 2 N–H and O–H groups in total. The third kappa shape index (κ3) is 1.90. The van der Waals surface area contributed by atoms with Crippen molar-refractivity contribution in [2.45, 2.75) is 31.6 Å². The molecule has 2 rings (SSSR count). The Bertz CT molecular complexity index is 401. The van der Waals surface area contributed by atoms with E-state index >= 15 is 0 Å². The number of ether oxygens (including phenoxy) is 1. The van der Waals surface area contributed by atoms with Gasteiger partial charge in [-0.25, -0.2) is 0 Å². The maximum atomic E-state index is 11.9. The van der Waals surface area contributed by atoms with Gasteiger partial charge in [0, 0.05) is 17.9 Å². The lowest BCUT2D eigenvalue weighted by Crippen LogP contribution is -2.18. The summed E-state index contributed by atoms with van der Waals surface area (Å²) in [7, 11) is 1.60. The number of nitrogens with two attached hydrogens (primary N) is 1. The molecule has 0 heterocycles. The number of methoxy groups -OCH3 is 1. The minimum absolute atomic E-state index is 0.0211. The lowest BCUT2D eigenvalue weighted by Gasteiger charge is -2.23. The highest BCUT2D eigenvalue weighted by Crippen LogP contribution is 2.37. The van der Waals surface area contributed by atoms with E-state index in [9.17, 15) is 4.79 Å². The van der Waals surface area contributed by atoms with Crippen molar-refractivity contribution in [2.24, 2.45) is 0 Å². The Labute approximate surface area is 95.6 Å². The zero-order valence-corrected chi connectivity index (χ0v) is 9.53. The summed E-state index contributed by atoms with van der Waals surface area (Å²) in [5, 5.41) is 0. The van der Waals surface area contributed by atoms with Crippen LogP contribution in [0.15, 0.2) is 18.2 Å². The summed E-state index contributed by atoms with van der Waals surface area (Å²) >= 11 is 0. The van der Waals surface area contributed by atoms with Crippen molar-refractivity contribution < 1.29 is 9.53 Å². The standard InChI is InChI=1S/C13H17NO2/c1-16-13-10(6-4-7-11(13)14)9-5-2-3-8-12(9)15/h4,6-7,9H,2-3,5,8,14H2,1H3. The smallest absolute Gasteiger partial charge is 0.145 e. The highest BCUT2D eigenvalue weighted by atomic mass is 16.5. The topological polar surface area (TPSA) is 52.3 Å². The minimum atomic E-state index is -0.0211. The predicted octanol–water partition coefficient (Wildman–Crippen LogP) is 2.50. The van der Waals surface area contributed by atoms with Crippen LogP contribution in [0.2, 0.25) is 0 Å². The number of nitrogen functional groups attached to an aromatic ring is 1. The summed E-state index contributed by atoms with van der Waals surface area (Å²) < 4.78 is 5.30. The molecular formula is C13H17NO2. The van der Waals surface area contributed by atoms with Gasteiger partial charge in [0.25, 0.3) is 0 Å². The fourth-order valence-corrected chi connectivity index (χ4v) is 2.40. The number of rotatable bonds is 2. The lowest BCUT2D eigenvalue weighted by molar-refractivity contribution is -0.121. The van der Waals surface area contributed by atoms with Crippen molar-refractivity contribution in [1.82, 2.24) is 0 Å². The molecule has 0 radical (unpaired) electrons. The molecule has 1 fully saturated rings. The van der Waals surface area contributed by atoms with Gasteiger partial charge in [0.2, 0.25) is 0 Å². The summed E-state index contributed by atoms with van der Waals surface area (Å²) in [6.07, 6.45) is 3.72. The summed E-state index contributed by atoms with van der Waals surface area (Å²) in [5.41, 5.74) is 7.41. The van der Waals surface area contributed by atoms with Crippen LogP contribution >= 0.6 is 0 Å². The Kier molecular flexibility index (Phi) is 3.13. The summed E-state index contributed by atoms with van der Waals surface area (Å²) in [4.78, 5) is 11.9. The Balaban J connectivity index is 2.38. The molecule has 16 heavy (non-hydrogen) atoms. The first-order valence-corrected chi connectivity index (χ1v) is 5.69. The van der Waals surface area contributed by atoms with Crippen LogP contribution in [0.4, 0.5) is 5.69 Å². The van der Waals surface area contributed by atoms with Gasteiger partial charge in [-0.3, -0.25) is 4.79 Å². The van der Waals surface area contributed by atoms with Gasteiger partial charge in [-0.15, -0.1) is 0 Å². The fraction of sp³-hybridized carbons (Fsp3) is 0.462. The van der Waals surface area contributed by atoms with Crippen molar-refractivity contribution >= 4 is 11.5 Å². The molecular weight excluding hydrogens is 202 g/mol. The minimum Gasteiger partial charge on any atom is -0.494 e. The third-order valence-corrected chi connectivity index (χ3v) is 3.21. The van der Waals surface area contributed by atoms with E-state index in [1.54, 1.807) is 13.2 Å². The van der Waals surface area contributed by atoms with Gasteiger partial charge in [0.05, 0.1) is 12.8 Å². The van der Waals surface area contributed by atoms with Gasteiger partial charge in [-0.1, -0.05) is 18.6 Å². The van der Waals surface area contributed by atoms with E-state index in [2.05, 4.69) is 0 Å². The molecule has 1 aromatic carbocycles. The molecule has 1 saturated carbocycles. The largest absolute Gasteiger partial charge is 0.494 e. The molecule has 3 heteroatoms. The van der Waals surface area contributed by atoms with Crippen LogP contribution in [0.1, 0.15) is 37.2 Å². The van der Waals surface area contributed by atoms with E-state index in [1.807, 2.05) is 12.1 Å². The molecule has 0 amide bonds. The normalized spacial score (nSPS) is 20.8. The van der Waals surface area contributed by atoms with Crippen molar-refractivity contribution in [3.8, 4) is 5.75 Å². The number of carbonyl (C=O) groups excluding carboxylic acids is 1. The molecule has 0 spiro atoms. The second-order valence-electron chi connectivity index (χ2n) is 4.23. The maximum Gasteiger partial charge on any atom is 0.145 e. The van der Waals surface area contributed by atoms with Gasteiger partial charge < -0.3 is 10.5 Å². The highest BCUT2D eigenvalue weighted by molar-refractivity contribution is 5.87. The number of ketones is 1. The molecule has 1 aliphatic carbocycles. The van der Waals surface area contributed by atoms with Crippen LogP contribution in [-0.2, 0) is 4.79 Å². The maximum absolute atomic E-state index is 11.9. The van der Waals surface area contributed by atoms with Gasteiger partial charge in [-0.2, -0.15) is 0 Å². The number of Topliss-reactive ketones (excluding diaryl/α,β-unsaturated/α-hetero) is 1. The van der Waals surface area contributed by atoms with Crippen LogP contribution in [0.3, 0.4) is 0 Å². The molecule has 1 atom stereocenters. The van der Waals surface area contributed by atoms with E-state index < -0.39 is 0 Å². The average molecular weight is 219 g/mol. The Morgan fingerprint density at radius 2 is 2.19 bits per heavy atom. The van der Waals surface area contributed by atoms with Crippen molar-refractivity contribution in [3.63, 3.8) is 0 Å². The number of hydrogen-bond acceptors (Lipinski definition) is 3. The van der Waals surface area contributed by atoms with Crippen molar-refractivity contribution in [3.05, 3.63) is 23.8 Å². The third-order valence-electron chi connectivity index (χ3n) is 3.21. The zero-order chi connectivity index (χ0) is 11.5. The first-order chi connectivity index (χ1) is 7.74. The van der Waals surface area contributed by atoms with E-state index in [1.165, 1.54) is 0 Å². The quantitative estimate of drug-likeness (QED) is 0.777. The number of hydrogen-bond donors (Lipinski definition) is 1. The van der Waals surface area contributed by atoms with Crippen LogP contribution in [-0.4, -0.2) is 12.9 Å². The molecule has 86 valence electrons. The summed E-state index contributed by atoms with van der Waals surface area (Å²) in [5.74, 6) is 0.963. The van der Waals surface area contributed by atoms with Crippen molar-refractivity contribution in [1.29, 1.82) is 0 Å². The molecule has 1 aliphatic rings. The van der Waals surface area contributed by atoms with E-state index in [0.717, 1.165) is 24.8 Å². The lowest BCUT2D eigenvalue weighted by atomic mass is 9.82. The average Bonchev–Trinajstić information content (AvgIpc) is 2.29. The zero-order valence-electron chi connectivity index (χ0n) is 9.53. The SMILES string of the molecule is COc1c(N)cccc1C1CCCCC1=O. The molecule has 0 aromatic heterocycles. The van der Waals surface area contributed by atoms with E-state index in [0.29, 0.717) is 23.6 Å². The molecule has 0 aliphatic heterocycles. The molecule has 1 aromatic rings. The van der Waals surface area contributed by atoms with Crippen LogP contribution in [0.25, 0.3) is 0 Å². The Hall–Kier alpha value is -1.51. The fourth-order valence-electron chi connectivity index (χ4n) is 2.40. The van der Waals surface area contributed by atoms with E-state index in [4.69, 9.17) is 10.5 Å². The van der Waals surface area contributed by atoms with Gasteiger partial charge >= 0.3 is 0 Å². The Morgan fingerprint density at radius 1 is 1.38 bits per heavy atom.